The van der Waals surface area contributed by atoms with Crippen LogP contribution in [0.25, 0.3) is 0 Å². The van der Waals surface area contributed by atoms with Gasteiger partial charge in [-0.2, -0.15) is 0 Å². The number of nitrogens with zero attached hydrogens (tertiary/aromatic N) is 1. The highest BCUT2D eigenvalue weighted by Gasteiger charge is 2.36. The van der Waals surface area contributed by atoms with E-state index in [1.807, 2.05) is 4.90 Å². The lowest BCUT2D eigenvalue weighted by Gasteiger charge is -2.33. The van der Waals surface area contributed by atoms with Crippen molar-refractivity contribution in [1.82, 2.24) is 4.90 Å². The fourth-order valence-electron chi connectivity index (χ4n) is 2.97. The number of rotatable bonds is 5. The first kappa shape index (κ1) is 17.1. The lowest BCUT2D eigenvalue weighted by molar-refractivity contribution is -0.118. The normalized spacial score (nSPS) is 19.2. The zero-order valence-corrected chi connectivity index (χ0v) is 14.0. The van der Waals surface area contributed by atoms with Gasteiger partial charge in [-0.1, -0.05) is 11.6 Å². The molecule has 1 aliphatic heterocycles. The fraction of sp³-hybridized carbons (Fsp3) is 0.562. The van der Waals surface area contributed by atoms with Crippen molar-refractivity contribution in [2.75, 3.05) is 25.5 Å². The second-order valence-corrected chi connectivity index (χ2v) is 6.61. The van der Waals surface area contributed by atoms with E-state index in [0.29, 0.717) is 16.5 Å². The first-order chi connectivity index (χ1) is 10.3. The van der Waals surface area contributed by atoms with Gasteiger partial charge in [-0.15, -0.1) is 0 Å². The molecular weight excluding hydrogens is 304 g/mol. The van der Waals surface area contributed by atoms with Gasteiger partial charge < -0.3 is 15.2 Å². The minimum Gasteiger partial charge on any atom is -0.495 e. The van der Waals surface area contributed by atoms with Gasteiger partial charge in [-0.05, 0) is 51.4 Å². The third-order valence-electron chi connectivity index (χ3n) is 3.96. The number of methoxy groups -OCH3 is 1. The molecule has 1 amide bonds. The molecule has 2 rings (SSSR count). The zero-order valence-electron chi connectivity index (χ0n) is 13.2. The van der Waals surface area contributed by atoms with Crippen LogP contribution >= 0.6 is 11.6 Å². The molecule has 22 heavy (non-hydrogen) atoms. The van der Waals surface area contributed by atoms with Crippen LogP contribution in [-0.4, -0.2) is 47.8 Å². The Kier molecular flexibility index (Phi) is 5.32. The van der Waals surface area contributed by atoms with Crippen LogP contribution < -0.4 is 10.1 Å². The Morgan fingerprint density at radius 2 is 2.27 bits per heavy atom. The van der Waals surface area contributed by atoms with Crippen LogP contribution in [0.1, 0.15) is 26.7 Å². The Balaban J connectivity index is 2.03. The number of anilines is 1. The van der Waals surface area contributed by atoms with Crippen molar-refractivity contribution in [3.05, 3.63) is 23.2 Å². The first-order valence-corrected chi connectivity index (χ1v) is 7.79. The minimum absolute atomic E-state index is 0.000457. The average molecular weight is 327 g/mol. The molecule has 1 heterocycles. The largest absolute Gasteiger partial charge is 0.495 e. The van der Waals surface area contributed by atoms with Crippen LogP contribution in [0.3, 0.4) is 0 Å². The van der Waals surface area contributed by atoms with Crippen LogP contribution in [-0.2, 0) is 4.79 Å². The molecule has 0 saturated carbocycles. The monoisotopic (exact) mass is 326 g/mol. The maximum atomic E-state index is 12.3. The Hall–Kier alpha value is -1.30. The number of nitrogens with one attached hydrogen (secondary N) is 1. The van der Waals surface area contributed by atoms with Crippen molar-refractivity contribution < 1.29 is 14.6 Å². The smallest absolute Gasteiger partial charge is 0.238 e. The number of carbonyl (C=O) groups is 1. The third-order valence-corrected chi connectivity index (χ3v) is 4.20. The summed E-state index contributed by atoms with van der Waals surface area (Å²) in [4.78, 5) is 14.3. The Morgan fingerprint density at radius 1 is 1.55 bits per heavy atom. The second kappa shape index (κ2) is 6.86. The summed E-state index contributed by atoms with van der Waals surface area (Å²) in [5.74, 6) is 0.426. The van der Waals surface area contributed by atoms with E-state index in [9.17, 15) is 9.90 Å². The average Bonchev–Trinajstić information content (AvgIpc) is 2.87. The third kappa shape index (κ3) is 4.12. The number of hydrogen-bond donors (Lipinski definition) is 2. The topological polar surface area (TPSA) is 61.8 Å². The van der Waals surface area contributed by atoms with Crippen molar-refractivity contribution in [3.8, 4) is 5.75 Å². The number of benzene rings is 1. The predicted molar refractivity (Wildman–Crippen MR) is 87.5 cm³/mol. The summed E-state index contributed by atoms with van der Waals surface area (Å²) in [5, 5.41) is 13.6. The predicted octanol–water partition coefficient (Wildman–Crippen LogP) is 2.52. The standard InChI is InChI=1S/C16H23ClN2O3/c1-16(2,21)14-5-4-8-19(14)10-15(20)18-12-9-11(17)6-7-13(12)22-3/h6-7,9,14,21H,4-5,8,10H2,1-3H3,(H,18,20). The molecule has 0 radical (unpaired) electrons. The highest BCUT2D eigenvalue weighted by Crippen LogP contribution is 2.29. The Morgan fingerprint density at radius 3 is 2.91 bits per heavy atom. The molecule has 1 unspecified atom stereocenters. The van der Waals surface area contributed by atoms with Crippen LogP contribution in [0, 0.1) is 0 Å². The quantitative estimate of drug-likeness (QED) is 0.873. The van der Waals surface area contributed by atoms with E-state index in [1.165, 1.54) is 0 Å². The molecule has 0 spiro atoms. The molecule has 1 aliphatic rings. The van der Waals surface area contributed by atoms with E-state index < -0.39 is 5.60 Å². The highest BCUT2D eigenvalue weighted by atomic mass is 35.5. The van der Waals surface area contributed by atoms with Crippen molar-refractivity contribution in [1.29, 1.82) is 0 Å². The summed E-state index contributed by atoms with van der Waals surface area (Å²) in [5.41, 5.74) is -0.260. The van der Waals surface area contributed by atoms with E-state index in [1.54, 1.807) is 39.2 Å². The summed E-state index contributed by atoms with van der Waals surface area (Å²) in [6, 6.07) is 5.09. The summed E-state index contributed by atoms with van der Waals surface area (Å²) >= 11 is 5.96. The van der Waals surface area contributed by atoms with Crippen molar-refractivity contribution in [3.63, 3.8) is 0 Å². The number of aliphatic hydroxyl groups is 1. The number of amides is 1. The van der Waals surface area contributed by atoms with Crippen LogP contribution in [0.4, 0.5) is 5.69 Å². The van der Waals surface area contributed by atoms with E-state index >= 15 is 0 Å². The summed E-state index contributed by atoms with van der Waals surface area (Å²) in [6.07, 6.45) is 1.89. The summed E-state index contributed by atoms with van der Waals surface area (Å²) in [6.45, 7) is 4.63. The molecule has 6 heteroatoms. The molecule has 1 aromatic carbocycles. The second-order valence-electron chi connectivity index (χ2n) is 6.17. The van der Waals surface area contributed by atoms with Crippen molar-refractivity contribution >= 4 is 23.2 Å². The van der Waals surface area contributed by atoms with E-state index in [0.717, 1.165) is 19.4 Å². The van der Waals surface area contributed by atoms with Gasteiger partial charge >= 0.3 is 0 Å². The SMILES string of the molecule is COc1ccc(Cl)cc1NC(=O)CN1CCCC1C(C)(C)O. The number of likely N-dealkylation sites (tertiary alicyclic amines) is 1. The molecule has 0 aromatic heterocycles. The van der Waals surface area contributed by atoms with Gasteiger partial charge in [0.05, 0.1) is 24.9 Å². The molecule has 1 aromatic rings. The number of hydrogen-bond acceptors (Lipinski definition) is 4. The molecule has 122 valence electrons. The van der Waals surface area contributed by atoms with Gasteiger partial charge in [0.15, 0.2) is 0 Å². The minimum atomic E-state index is -0.815. The Labute approximate surface area is 136 Å². The number of carbonyl (C=O) groups excluding carboxylic acids is 1. The lowest BCUT2D eigenvalue weighted by atomic mass is 9.97. The van der Waals surface area contributed by atoms with Crippen molar-refractivity contribution in [2.45, 2.75) is 38.3 Å². The molecule has 2 N–H and O–H groups in total. The molecule has 5 nitrogen and oxygen atoms in total. The van der Waals surface area contributed by atoms with Crippen LogP contribution in [0.2, 0.25) is 5.02 Å². The van der Waals surface area contributed by atoms with Gasteiger partial charge in [0.25, 0.3) is 0 Å². The van der Waals surface area contributed by atoms with Crippen LogP contribution in [0.5, 0.6) is 5.75 Å². The van der Waals surface area contributed by atoms with E-state index in [2.05, 4.69) is 5.32 Å². The molecular formula is C16H23ClN2O3. The summed E-state index contributed by atoms with van der Waals surface area (Å²) in [7, 11) is 1.55. The number of ether oxygens (including phenoxy) is 1. The molecule has 1 fully saturated rings. The molecule has 0 bridgehead atoms. The van der Waals surface area contributed by atoms with Gasteiger partial charge in [0, 0.05) is 11.1 Å². The lowest BCUT2D eigenvalue weighted by Crippen LogP contribution is -2.48. The molecule has 1 saturated heterocycles. The molecule has 0 aliphatic carbocycles. The summed E-state index contributed by atoms with van der Waals surface area (Å²) < 4.78 is 5.22. The van der Waals surface area contributed by atoms with E-state index in [-0.39, 0.29) is 18.5 Å². The molecule has 1 atom stereocenters. The van der Waals surface area contributed by atoms with E-state index in [4.69, 9.17) is 16.3 Å². The zero-order chi connectivity index (χ0) is 16.3. The Bertz CT molecular complexity index is 543. The van der Waals surface area contributed by atoms with Gasteiger partial charge in [0.1, 0.15) is 5.75 Å². The van der Waals surface area contributed by atoms with Crippen LogP contribution in [0.15, 0.2) is 18.2 Å². The van der Waals surface area contributed by atoms with Gasteiger partial charge in [-0.25, -0.2) is 0 Å². The maximum Gasteiger partial charge on any atom is 0.238 e. The van der Waals surface area contributed by atoms with Crippen molar-refractivity contribution in [2.24, 2.45) is 0 Å². The fourth-order valence-corrected chi connectivity index (χ4v) is 3.14. The van der Waals surface area contributed by atoms with Gasteiger partial charge in [0.2, 0.25) is 5.91 Å². The maximum absolute atomic E-state index is 12.3. The van der Waals surface area contributed by atoms with Gasteiger partial charge in [-0.3, -0.25) is 9.69 Å². The highest BCUT2D eigenvalue weighted by molar-refractivity contribution is 6.31. The number of halogens is 1. The first-order valence-electron chi connectivity index (χ1n) is 7.41.